The van der Waals surface area contributed by atoms with Crippen molar-refractivity contribution in [1.82, 2.24) is 0 Å². The van der Waals surface area contributed by atoms with E-state index in [9.17, 15) is 13.0 Å². The van der Waals surface area contributed by atoms with Crippen LogP contribution in [0.1, 0.15) is 13.8 Å². The fraction of sp³-hybridized carbons (Fsp3) is 0.231. The molecule has 0 amide bonds. The SMILES string of the molecule is CC(C)Oc1ccc(-c2ccc(S(=O)(=O)[O-])s2)cc1.[Na+]. The van der Waals surface area contributed by atoms with Crippen LogP contribution >= 0.6 is 11.3 Å². The molecule has 0 spiro atoms. The molecular weight excluding hydrogens is 307 g/mol. The first-order valence-electron chi connectivity index (χ1n) is 5.69. The monoisotopic (exact) mass is 320 g/mol. The number of thiophene rings is 1. The van der Waals surface area contributed by atoms with Crippen LogP contribution in [0.2, 0.25) is 0 Å². The van der Waals surface area contributed by atoms with Gasteiger partial charge in [0, 0.05) is 4.88 Å². The normalized spacial score (nSPS) is 11.2. The summed E-state index contributed by atoms with van der Waals surface area (Å²) in [6.45, 7) is 3.89. The van der Waals surface area contributed by atoms with Crippen molar-refractivity contribution in [3.05, 3.63) is 36.4 Å². The van der Waals surface area contributed by atoms with Gasteiger partial charge >= 0.3 is 29.6 Å². The van der Waals surface area contributed by atoms with Crippen molar-refractivity contribution < 1.29 is 47.3 Å². The van der Waals surface area contributed by atoms with Crippen molar-refractivity contribution in [2.24, 2.45) is 0 Å². The van der Waals surface area contributed by atoms with Crippen LogP contribution in [0.25, 0.3) is 10.4 Å². The summed E-state index contributed by atoms with van der Waals surface area (Å²) in [7, 11) is -4.37. The van der Waals surface area contributed by atoms with E-state index in [1.807, 2.05) is 38.1 Å². The van der Waals surface area contributed by atoms with E-state index < -0.39 is 10.1 Å². The molecule has 0 fully saturated rings. The van der Waals surface area contributed by atoms with Crippen molar-refractivity contribution in [2.45, 2.75) is 24.2 Å². The van der Waals surface area contributed by atoms with Gasteiger partial charge in [0.05, 0.1) is 6.10 Å². The van der Waals surface area contributed by atoms with Gasteiger partial charge in [-0.2, -0.15) is 0 Å². The second-order valence-electron chi connectivity index (χ2n) is 4.26. The molecule has 0 saturated carbocycles. The zero-order chi connectivity index (χ0) is 14.0. The molecule has 20 heavy (non-hydrogen) atoms. The minimum atomic E-state index is -4.37. The van der Waals surface area contributed by atoms with Crippen LogP contribution in [0, 0.1) is 0 Å². The summed E-state index contributed by atoms with van der Waals surface area (Å²) >= 11 is 0.971. The van der Waals surface area contributed by atoms with E-state index in [4.69, 9.17) is 4.74 Å². The molecule has 0 aliphatic carbocycles. The maximum Gasteiger partial charge on any atom is 1.00 e. The third-order valence-corrected chi connectivity index (χ3v) is 4.76. The van der Waals surface area contributed by atoms with E-state index in [1.54, 1.807) is 6.07 Å². The summed E-state index contributed by atoms with van der Waals surface area (Å²) in [5.41, 5.74) is 0.857. The average molecular weight is 320 g/mol. The van der Waals surface area contributed by atoms with Crippen molar-refractivity contribution in [1.29, 1.82) is 0 Å². The topological polar surface area (TPSA) is 66.4 Å². The van der Waals surface area contributed by atoms with Crippen LogP contribution in [0.15, 0.2) is 40.6 Å². The van der Waals surface area contributed by atoms with Crippen molar-refractivity contribution in [3.63, 3.8) is 0 Å². The Balaban J connectivity index is 0.00000200. The first-order valence-corrected chi connectivity index (χ1v) is 7.91. The molecule has 0 aliphatic rings. The van der Waals surface area contributed by atoms with Crippen LogP contribution in [0.5, 0.6) is 5.75 Å². The molecule has 2 rings (SSSR count). The van der Waals surface area contributed by atoms with Crippen molar-refractivity contribution >= 4 is 21.5 Å². The molecule has 0 aliphatic heterocycles. The number of hydrogen-bond acceptors (Lipinski definition) is 5. The molecular formula is C13H13NaO4S2. The second-order valence-corrected chi connectivity index (χ2v) is 6.95. The third-order valence-electron chi connectivity index (χ3n) is 2.34. The van der Waals surface area contributed by atoms with Crippen molar-refractivity contribution in [2.75, 3.05) is 0 Å². The predicted octanol–water partition coefficient (Wildman–Crippen LogP) is 0.110. The summed E-state index contributed by atoms with van der Waals surface area (Å²) in [5.74, 6) is 0.756. The van der Waals surface area contributed by atoms with E-state index in [0.29, 0.717) is 0 Å². The average Bonchev–Trinajstić information content (AvgIpc) is 2.78. The summed E-state index contributed by atoms with van der Waals surface area (Å²) < 4.78 is 38.0. The Bertz CT molecular complexity index is 660. The standard InChI is InChI=1S/C13H14O4S2.Na/c1-9(2)17-11-5-3-10(4-6-11)12-7-8-13(18-12)19(14,15)16;/h3-9H,1-2H3,(H,14,15,16);/q;+1/p-1. The van der Waals surface area contributed by atoms with E-state index >= 15 is 0 Å². The van der Waals surface area contributed by atoms with Crippen LogP contribution < -0.4 is 34.3 Å². The van der Waals surface area contributed by atoms with Crippen molar-refractivity contribution in [3.8, 4) is 16.2 Å². The molecule has 102 valence electrons. The maximum atomic E-state index is 10.9. The maximum absolute atomic E-state index is 10.9. The molecule has 7 heteroatoms. The molecule has 0 saturated heterocycles. The van der Waals surface area contributed by atoms with E-state index in [2.05, 4.69) is 0 Å². The molecule has 1 aromatic heterocycles. The van der Waals surface area contributed by atoms with Gasteiger partial charge in [-0.25, -0.2) is 8.42 Å². The fourth-order valence-corrected chi connectivity index (χ4v) is 3.23. The minimum absolute atomic E-state index is 0. The Morgan fingerprint density at radius 1 is 1.10 bits per heavy atom. The van der Waals surface area contributed by atoms with Gasteiger partial charge in [0.25, 0.3) is 0 Å². The first kappa shape index (κ1) is 17.7. The zero-order valence-electron chi connectivity index (χ0n) is 11.5. The summed E-state index contributed by atoms with van der Waals surface area (Å²) in [4.78, 5) is 0.741. The summed E-state index contributed by atoms with van der Waals surface area (Å²) in [6, 6.07) is 10.3. The minimum Gasteiger partial charge on any atom is -0.743 e. The summed E-state index contributed by atoms with van der Waals surface area (Å²) in [6.07, 6.45) is 0.102. The third kappa shape index (κ3) is 4.58. The Kier molecular flexibility index (Phi) is 6.25. The molecule has 1 heterocycles. The van der Waals surface area contributed by atoms with Gasteiger partial charge in [0.1, 0.15) is 20.1 Å². The number of hydrogen-bond donors (Lipinski definition) is 0. The van der Waals surface area contributed by atoms with Crippen LogP contribution in [-0.2, 0) is 10.1 Å². The van der Waals surface area contributed by atoms with Gasteiger partial charge in [-0.15, -0.1) is 11.3 Å². The molecule has 0 radical (unpaired) electrons. The number of benzene rings is 1. The van der Waals surface area contributed by atoms with Gasteiger partial charge in [-0.1, -0.05) is 0 Å². The van der Waals surface area contributed by atoms with E-state index in [0.717, 1.165) is 27.5 Å². The van der Waals surface area contributed by atoms with Gasteiger partial charge in [-0.05, 0) is 55.8 Å². The van der Waals surface area contributed by atoms with E-state index in [-0.39, 0.29) is 39.9 Å². The Labute approximate surface area is 144 Å². The molecule has 4 nitrogen and oxygen atoms in total. The van der Waals surface area contributed by atoms with Crippen LogP contribution in [0.4, 0.5) is 0 Å². The molecule has 2 aromatic rings. The fourth-order valence-electron chi connectivity index (χ4n) is 1.58. The van der Waals surface area contributed by atoms with Crippen LogP contribution in [0.3, 0.4) is 0 Å². The van der Waals surface area contributed by atoms with Crippen LogP contribution in [-0.4, -0.2) is 19.1 Å². The molecule has 1 aromatic carbocycles. The van der Waals surface area contributed by atoms with E-state index in [1.165, 1.54) is 6.07 Å². The molecule has 0 unspecified atom stereocenters. The molecule has 0 atom stereocenters. The number of ether oxygens (including phenoxy) is 1. The zero-order valence-corrected chi connectivity index (χ0v) is 15.1. The first-order chi connectivity index (χ1) is 8.86. The van der Waals surface area contributed by atoms with Gasteiger partial charge in [0.2, 0.25) is 0 Å². The van der Waals surface area contributed by atoms with Gasteiger partial charge < -0.3 is 9.29 Å². The summed E-state index contributed by atoms with van der Waals surface area (Å²) in [5, 5.41) is 0. The Morgan fingerprint density at radius 3 is 2.15 bits per heavy atom. The quantitative estimate of drug-likeness (QED) is 0.592. The Hall–Kier alpha value is -0.370. The van der Waals surface area contributed by atoms with Gasteiger partial charge in [-0.3, -0.25) is 0 Å². The van der Waals surface area contributed by atoms with Gasteiger partial charge in [0.15, 0.2) is 0 Å². The largest absolute Gasteiger partial charge is 1.00 e. The molecule has 0 N–H and O–H groups in total. The number of rotatable bonds is 4. The smallest absolute Gasteiger partial charge is 0.743 e. The Morgan fingerprint density at radius 2 is 1.70 bits per heavy atom. The predicted molar refractivity (Wildman–Crippen MR) is 73.5 cm³/mol. The molecule has 0 bridgehead atoms. The second kappa shape index (κ2) is 7.06.